The number of benzene rings is 4. The lowest BCUT2D eigenvalue weighted by molar-refractivity contribution is 0.0953. The fourth-order valence-corrected chi connectivity index (χ4v) is 4.43. The zero-order valence-electron chi connectivity index (χ0n) is 19.7. The van der Waals surface area contributed by atoms with Crippen LogP contribution in [-0.2, 0) is 13.0 Å². The van der Waals surface area contributed by atoms with Crippen LogP contribution in [0.4, 0.5) is 0 Å². The van der Waals surface area contributed by atoms with Crippen LogP contribution < -0.4 is 10.1 Å². The van der Waals surface area contributed by atoms with Crippen molar-refractivity contribution in [3.8, 4) is 5.75 Å². The van der Waals surface area contributed by atoms with E-state index >= 15 is 0 Å². The Balaban J connectivity index is 1.19. The topological polar surface area (TPSA) is 56.2 Å². The molecule has 5 heteroatoms. The third-order valence-electron chi connectivity index (χ3n) is 6.17. The molecular formula is C30H29N3O2. The molecule has 35 heavy (non-hydrogen) atoms. The van der Waals surface area contributed by atoms with E-state index in [4.69, 9.17) is 9.72 Å². The number of carbonyl (C=O) groups excluding carboxylic acids is 1. The molecule has 1 N–H and O–H groups in total. The molecule has 5 nitrogen and oxygen atoms in total. The Kier molecular flexibility index (Phi) is 7.04. The van der Waals surface area contributed by atoms with Gasteiger partial charge in [-0.05, 0) is 48.6 Å². The Morgan fingerprint density at radius 1 is 0.829 bits per heavy atom. The van der Waals surface area contributed by atoms with Crippen molar-refractivity contribution in [2.75, 3.05) is 13.2 Å². The molecule has 0 fully saturated rings. The molecule has 0 spiro atoms. The molecule has 1 amide bonds. The summed E-state index contributed by atoms with van der Waals surface area (Å²) in [6, 6.07) is 32.0. The first-order valence-corrected chi connectivity index (χ1v) is 12.2. The Bertz CT molecular complexity index is 1420. The summed E-state index contributed by atoms with van der Waals surface area (Å²) < 4.78 is 8.45. The molecule has 1 heterocycles. The number of aromatic nitrogens is 2. The highest BCUT2D eigenvalue weighted by atomic mass is 16.5. The highest BCUT2D eigenvalue weighted by Gasteiger charge is 2.11. The van der Waals surface area contributed by atoms with Gasteiger partial charge in [-0.3, -0.25) is 4.79 Å². The van der Waals surface area contributed by atoms with Crippen LogP contribution in [0.1, 0.15) is 29.0 Å². The average Bonchev–Trinajstić information content (AvgIpc) is 3.26. The molecule has 0 saturated heterocycles. The van der Waals surface area contributed by atoms with E-state index in [1.807, 2.05) is 60.7 Å². The van der Waals surface area contributed by atoms with Crippen LogP contribution in [0.15, 0.2) is 97.1 Å². The highest BCUT2D eigenvalue weighted by Crippen LogP contribution is 2.25. The number of para-hydroxylation sites is 2. The van der Waals surface area contributed by atoms with Gasteiger partial charge in [0.2, 0.25) is 0 Å². The van der Waals surface area contributed by atoms with Gasteiger partial charge in [-0.15, -0.1) is 0 Å². The largest absolute Gasteiger partial charge is 0.493 e. The van der Waals surface area contributed by atoms with Crippen LogP contribution in [0.2, 0.25) is 0 Å². The van der Waals surface area contributed by atoms with Gasteiger partial charge in [0.05, 0.1) is 17.6 Å². The quantitative estimate of drug-likeness (QED) is 0.258. The fraction of sp³-hybridized carbons (Fsp3) is 0.200. The van der Waals surface area contributed by atoms with Crippen molar-refractivity contribution in [1.29, 1.82) is 0 Å². The van der Waals surface area contributed by atoms with Gasteiger partial charge in [0.25, 0.3) is 5.91 Å². The van der Waals surface area contributed by atoms with Gasteiger partial charge >= 0.3 is 0 Å². The van der Waals surface area contributed by atoms with E-state index in [2.05, 4.69) is 46.3 Å². The van der Waals surface area contributed by atoms with Crippen molar-refractivity contribution in [1.82, 2.24) is 14.9 Å². The Morgan fingerprint density at radius 2 is 1.60 bits per heavy atom. The van der Waals surface area contributed by atoms with Crippen LogP contribution in [0.25, 0.3) is 21.8 Å². The number of rotatable bonds is 10. The summed E-state index contributed by atoms with van der Waals surface area (Å²) in [5.74, 6) is 1.93. The van der Waals surface area contributed by atoms with E-state index in [0.29, 0.717) is 18.7 Å². The van der Waals surface area contributed by atoms with Gasteiger partial charge in [-0.1, -0.05) is 66.7 Å². The second kappa shape index (κ2) is 10.9. The van der Waals surface area contributed by atoms with Crippen LogP contribution in [0, 0.1) is 0 Å². The van der Waals surface area contributed by atoms with Crippen molar-refractivity contribution in [3.05, 3.63) is 108 Å². The maximum Gasteiger partial charge on any atom is 0.251 e. The number of imidazole rings is 1. The van der Waals surface area contributed by atoms with E-state index in [-0.39, 0.29) is 5.91 Å². The number of fused-ring (bicyclic) bond motifs is 2. The molecule has 0 aliphatic heterocycles. The number of hydrogen-bond donors (Lipinski definition) is 1. The molecule has 1 aromatic heterocycles. The molecule has 0 aliphatic rings. The molecule has 0 unspecified atom stereocenters. The summed E-state index contributed by atoms with van der Waals surface area (Å²) in [4.78, 5) is 17.2. The van der Waals surface area contributed by atoms with Crippen LogP contribution in [0.3, 0.4) is 0 Å². The van der Waals surface area contributed by atoms with Gasteiger partial charge < -0.3 is 14.6 Å². The SMILES string of the molecule is O=C(NCCCc1nc2ccccc2n1CCCOc1cccc2ccccc12)c1ccccc1. The molecular weight excluding hydrogens is 434 g/mol. The number of nitrogens with zero attached hydrogens (tertiary/aromatic N) is 2. The maximum absolute atomic E-state index is 12.3. The normalized spacial score (nSPS) is 11.1. The van der Waals surface area contributed by atoms with Gasteiger partial charge in [-0.25, -0.2) is 4.98 Å². The van der Waals surface area contributed by atoms with Crippen molar-refractivity contribution >= 4 is 27.7 Å². The molecule has 5 rings (SSSR count). The Hall–Kier alpha value is -4.12. The van der Waals surface area contributed by atoms with Crippen molar-refractivity contribution in [2.45, 2.75) is 25.8 Å². The van der Waals surface area contributed by atoms with Crippen LogP contribution in [0.5, 0.6) is 5.75 Å². The van der Waals surface area contributed by atoms with Gasteiger partial charge in [0.1, 0.15) is 11.6 Å². The minimum absolute atomic E-state index is 0.0373. The van der Waals surface area contributed by atoms with Crippen molar-refractivity contribution < 1.29 is 9.53 Å². The molecule has 0 atom stereocenters. The van der Waals surface area contributed by atoms with Crippen LogP contribution in [-0.4, -0.2) is 28.6 Å². The second-order valence-corrected chi connectivity index (χ2v) is 8.57. The van der Waals surface area contributed by atoms with E-state index in [0.717, 1.165) is 53.8 Å². The summed E-state index contributed by atoms with van der Waals surface area (Å²) in [6.45, 7) is 2.07. The maximum atomic E-state index is 12.3. The monoisotopic (exact) mass is 463 g/mol. The fourth-order valence-electron chi connectivity index (χ4n) is 4.43. The van der Waals surface area contributed by atoms with Gasteiger partial charge in [0.15, 0.2) is 0 Å². The number of hydrogen-bond acceptors (Lipinski definition) is 3. The predicted molar refractivity (Wildman–Crippen MR) is 141 cm³/mol. The number of aryl methyl sites for hydroxylation is 2. The summed E-state index contributed by atoms with van der Waals surface area (Å²) in [6.07, 6.45) is 2.50. The Labute approximate surface area is 205 Å². The molecule has 176 valence electrons. The smallest absolute Gasteiger partial charge is 0.251 e. The predicted octanol–water partition coefficient (Wildman–Crippen LogP) is 6.02. The van der Waals surface area contributed by atoms with Crippen molar-refractivity contribution in [3.63, 3.8) is 0 Å². The first-order chi connectivity index (χ1) is 17.3. The van der Waals surface area contributed by atoms with Crippen LogP contribution >= 0.6 is 0 Å². The third kappa shape index (κ3) is 5.35. The molecule has 0 bridgehead atoms. The first-order valence-electron chi connectivity index (χ1n) is 12.2. The number of amides is 1. The lowest BCUT2D eigenvalue weighted by Crippen LogP contribution is -2.24. The standard InChI is InChI=1S/C30H29N3O2/c34-30(24-12-2-1-3-13-24)31-20-9-19-29-32-26-16-6-7-17-27(26)33(29)21-10-22-35-28-18-8-14-23-11-4-5-15-25(23)28/h1-8,11-18H,9-10,19-22H2,(H,31,34). The average molecular weight is 464 g/mol. The zero-order chi connectivity index (χ0) is 23.9. The Morgan fingerprint density at radius 3 is 2.51 bits per heavy atom. The van der Waals surface area contributed by atoms with Gasteiger partial charge in [-0.2, -0.15) is 0 Å². The lowest BCUT2D eigenvalue weighted by Gasteiger charge is -2.12. The lowest BCUT2D eigenvalue weighted by atomic mass is 10.1. The number of carbonyl (C=O) groups is 1. The minimum atomic E-state index is -0.0373. The zero-order valence-corrected chi connectivity index (χ0v) is 19.7. The van der Waals surface area contributed by atoms with E-state index in [9.17, 15) is 4.79 Å². The highest BCUT2D eigenvalue weighted by molar-refractivity contribution is 5.94. The van der Waals surface area contributed by atoms with E-state index < -0.39 is 0 Å². The molecule has 0 saturated carbocycles. The summed E-state index contributed by atoms with van der Waals surface area (Å²) >= 11 is 0. The molecule has 0 radical (unpaired) electrons. The molecule has 4 aromatic carbocycles. The van der Waals surface area contributed by atoms with Gasteiger partial charge in [0, 0.05) is 30.5 Å². The van der Waals surface area contributed by atoms with Crippen molar-refractivity contribution in [2.24, 2.45) is 0 Å². The minimum Gasteiger partial charge on any atom is -0.493 e. The second-order valence-electron chi connectivity index (χ2n) is 8.57. The number of ether oxygens (including phenoxy) is 1. The number of nitrogens with one attached hydrogen (secondary N) is 1. The molecule has 5 aromatic rings. The summed E-state index contributed by atoms with van der Waals surface area (Å²) in [5, 5.41) is 5.34. The van der Waals surface area contributed by atoms with E-state index in [1.54, 1.807) is 0 Å². The first kappa shape index (κ1) is 22.7. The molecule has 0 aliphatic carbocycles. The van der Waals surface area contributed by atoms with E-state index in [1.165, 1.54) is 5.39 Å². The summed E-state index contributed by atoms with van der Waals surface area (Å²) in [7, 11) is 0. The third-order valence-corrected chi connectivity index (χ3v) is 6.17. The summed E-state index contributed by atoms with van der Waals surface area (Å²) in [5.41, 5.74) is 2.83.